The van der Waals surface area contributed by atoms with Crippen LogP contribution in [0.5, 0.6) is 0 Å². The van der Waals surface area contributed by atoms with Crippen LogP contribution < -0.4 is 10.0 Å². The largest absolute Gasteiger partial charge is 0.339 e. The minimum absolute atomic E-state index is 0.0243. The molecule has 7 nitrogen and oxygen atoms in total. The average molecular weight is 491 g/mol. The van der Waals surface area contributed by atoms with Crippen LogP contribution in [0.2, 0.25) is 5.02 Å². The topological polar surface area (TPSA) is 81.8 Å². The number of hydrogen-bond acceptors (Lipinski definition) is 4. The second kappa shape index (κ2) is 10.4. The minimum Gasteiger partial charge on any atom is -0.339 e. The highest BCUT2D eigenvalue weighted by molar-refractivity contribution is 7.90. The normalized spacial score (nSPS) is 22.0. The Morgan fingerprint density at radius 1 is 1.00 bits per heavy atom. The fraction of sp³-hybridized carbons (Fsp3) is 0.458. The molecule has 2 aromatic rings. The van der Waals surface area contributed by atoms with Gasteiger partial charge in [-0.25, -0.2) is 0 Å². The van der Waals surface area contributed by atoms with Crippen LogP contribution in [-0.2, 0) is 10.2 Å². The standard InChI is InChI=1S/C24H31ClN4O3S/c1-28(24(30)20-2-8-21(25)9-3-20)23-12-6-19(7-13-23)18-4-10-22(11-5-18)27-33(31,32)29-16-14-26-15-17-29/h2-5,8-11,19,23,26-27H,6-7,12-17H2,1H3. The molecule has 1 amide bonds. The van der Waals surface area contributed by atoms with Crippen LogP contribution >= 0.6 is 11.6 Å². The molecule has 1 saturated heterocycles. The number of rotatable bonds is 6. The van der Waals surface area contributed by atoms with Gasteiger partial charge in [-0.3, -0.25) is 9.52 Å². The smallest absolute Gasteiger partial charge is 0.301 e. The van der Waals surface area contributed by atoms with Crippen molar-refractivity contribution in [1.82, 2.24) is 14.5 Å². The molecule has 0 spiro atoms. The number of nitrogens with one attached hydrogen (secondary N) is 2. The van der Waals surface area contributed by atoms with Gasteiger partial charge in [0.15, 0.2) is 0 Å². The van der Waals surface area contributed by atoms with Crippen LogP contribution in [0.3, 0.4) is 0 Å². The zero-order chi connectivity index (χ0) is 23.4. The lowest BCUT2D eigenvalue weighted by molar-refractivity contribution is 0.0689. The average Bonchev–Trinajstić information content (AvgIpc) is 2.84. The Morgan fingerprint density at radius 3 is 2.21 bits per heavy atom. The van der Waals surface area contributed by atoms with E-state index >= 15 is 0 Å². The molecule has 2 aromatic carbocycles. The van der Waals surface area contributed by atoms with Gasteiger partial charge in [-0.15, -0.1) is 0 Å². The van der Waals surface area contributed by atoms with Gasteiger partial charge in [0.2, 0.25) is 0 Å². The molecular weight excluding hydrogens is 460 g/mol. The van der Waals surface area contributed by atoms with E-state index in [9.17, 15) is 13.2 Å². The lowest BCUT2D eigenvalue weighted by Gasteiger charge is -2.35. The quantitative estimate of drug-likeness (QED) is 0.647. The number of amides is 1. The van der Waals surface area contributed by atoms with Gasteiger partial charge in [0.1, 0.15) is 0 Å². The van der Waals surface area contributed by atoms with Gasteiger partial charge in [0, 0.05) is 55.5 Å². The number of carbonyl (C=O) groups is 1. The first-order valence-corrected chi connectivity index (χ1v) is 13.3. The number of halogens is 1. The van der Waals surface area contributed by atoms with Crippen LogP contribution in [0.25, 0.3) is 0 Å². The maximum Gasteiger partial charge on any atom is 0.301 e. The maximum atomic E-state index is 12.8. The Kier molecular flexibility index (Phi) is 7.58. The molecule has 0 radical (unpaired) electrons. The monoisotopic (exact) mass is 490 g/mol. The maximum absolute atomic E-state index is 12.8. The summed E-state index contributed by atoms with van der Waals surface area (Å²) in [7, 11) is -1.65. The summed E-state index contributed by atoms with van der Waals surface area (Å²) in [6, 6.07) is 15.0. The summed E-state index contributed by atoms with van der Waals surface area (Å²) < 4.78 is 29.3. The zero-order valence-electron chi connectivity index (χ0n) is 18.8. The van der Waals surface area contributed by atoms with Crippen molar-refractivity contribution in [3.05, 3.63) is 64.7 Å². The van der Waals surface area contributed by atoms with Crippen molar-refractivity contribution >= 4 is 33.4 Å². The number of hydrogen-bond donors (Lipinski definition) is 2. The summed E-state index contributed by atoms with van der Waals surface area (Å²) in [6.07, 6.45) is 3.87. The SMILES string of the molecule is CN(C(=O)c1ccc(Cl)cc1)C1CCC(c2ccc(NS(=O)(=O)N3CCNCC3)cc2)CC1. The van der Waals surface area contributed by atoms with Crippen LogP contribution in [0, 0.1) is 0 Å². The first-order valence-electron chi connectivity index (χ1n) is 11.4. The summed E-state index contributed by atoms with van der Waals surface area (Å²) >= 11 is 5.93. The van der Waals surface area contributed by atoms with Crippen LogP contribution in [0.15, 0.2) is 48.5 Å². The summed E-state index contributed by atoms with van der Waals surface area (Å²) in [5.74, 6) is 0.440. The predicted molar refractivity (Wildman–Crippen MR) is 132 cm³/mol. The Morgan fingerprint density at radius 2 is 1.61 bits per heavy atom. The number of anilines is 1. The van der Waals surface area contributed by atoms with E-state index in [1.54, 1.807) is 24.3 Å². The molecule has 2 aliphatic rings. The zero-order valence-corrected chi connectivity index (χ0v) is 20.4. The summed E-state index contributed by atoms with van der Waals surface area (Å²) in [5, 5.41) is 3.78. The number of carbonyl (C=O) groups excluding carboxylic acids is 1. The molecule has 33 heavy (non-hydrogen) atoms. The number of benzene rings is 2. The Labute approximate surface area is 201 Å². The molecular formula is C24H31ClN4O3S. The lowest BCUT2D eigenvalue weighted by Crippen LogP contribution is -2.48. The van der Waals surface area contributed by atoms with Gasteiger partial charge in [-0.2, -0.15) is 12.7 Å². The Hall–Kier alpha value is -2.13. The van der Waals surface area contributed by atoms with Crippen molar-refractivity contribution < 1.29 is 13.2 Å². The van der Waals surface area contributed by atoms with Crippen molar-refractivity contribution in [2.75, 3.05) is 37.9 Å². The second-order valence-corrected chi connectivity index (χ2v) is 10.9. The Balaban J connectivity index is 1.31. The molecule has 4 rings (SSSR count). The molecule has 1 heterocycles. The Bertz CT molecular complexity index is 1050. The van der Waals surface area contributed by atoms with Crippen molar-refractivity contribution in [2.45, 2.75) is 37.6 Å². The third kappa shape index (κ3) is 5.87. The molecule has 1 aliphatic heterocycles. The number of piperazine rings is 1. The first-order chi connectivity index (χ1) is 15.8. The summed E-state index contributed by atoms with van der Waals surface area (Å²) in [5.41, 5.74) is 2.45. The van der Waals surface area contributed by atoms with Gasteiger partial charge >= 0.3 is 10.2 Å². The highest BCUT2D eigenvalue weighted by atomic mass is 35.5. The first kappa shape index (κ1) is 24.0. The van der Waals surface area contributed by atoms with Crippen molar-refractivity contribution in [3.8, 4) is 0 Å². The molecule has 2 N–H and O–H groups in total. The van der Waals surface area contributed by atoms with E-state index in [0.717, 1.165) is 25.7 Å². The van der Waals surface area contributed by atoms with E-state index in [-0.39, 0.29) is 11.9 Å². The minimum atomic E-state index is -3.53. The predicted octanol–water partition coefficient (Wildman–Crippen LogP) is 3.70. The molecule has 0 unspecified atom stereocenters. The van der Waals surface area contributed by atoms with Gasteiger partial charge < -0.3 is 10.2 Å². The molecule has 1 aliphatic carbocycles. The van der Waals surface area contributed by atoms with E-state index in [2.05, 4.69) is 10.0 Å². The lowest BCUT2D eigenvalue weighted by atomic mass is 9.81. The highest BCUT2D eigenvalue weighted by Crippen LogP contribution is 2.35. The summed E-state index contributed by atoms with van der Waals surface area (Å²) in [4.78, 5) is 14.6. The molecule has 0 aromatic heterocycles. The summed E-state index contributed by atoms with van der Waals surface area (Å²) in [6.45, 7) is 2.29. The molecule has 178 valence electrons. The van der Waals surface area contributed by atoms with Crippen LogP contribution in [0.4, 0.5) is 5.69 Å². The molecule has 0 bridgehead atoms. The molecule has 2 fully saturated rings. The van der Waals surface area contributed by atoms with E-state index in [1.807, 2.05) is 36.2 Å². The van der Waals surface area contributed by atoms with Gasteiger partial charge in [0.25, 0.3) is 5.91 Å². The third-order valence-corrected chi connectivity index (χ3v) is 8.49. The molecule has 9 heteroatoms. The fourth-order valence-corrected chi connectivity index (χ4v) is 6.03. The van der Waals surface area contributed by atoms with E-state index < -0.39 is 10.2 Å². The molecule has 0 atom stereocenters. The second-order valence-electron chi connectivity index (χ2n) is 8.81. The fourth-order valence-electron chi connectivity index (χ4n) is 4.68. The van der Waals surface area contributed by atoms with Gasteiger partial charge in [-0.05, 0) is 73.6 Å². The van der Waals surface area contributed by atoms with Crippen molar-refractivity contribution in [1.29, 1.82) is 0 Å². The van der Waals surface area contributed by atoms with E-state index in [4.69, 9.17) is 11.6 Å². The van der Waals surface area contributed by atoms with Crippen molar-refractivity contribution in [2.24, 2.45) is 0 Å². The highest BCUT2D eigenvalue weighted by Gasteiger charge is 2.28. The number of nitrogens with zero attached hydrogens (tertiary/aromatic N) is 2. The van der Waals surface area contributed by atoms with E-state index in [1.165, 1.54) is 9.87 Å². The van der Waals surface area contributed by atoms with Gasteiger partial charge in [0.05, 0.1) is 0 Å². The van der Waals surface area contributed by atoms with Gasteiger partial charge in [-0.1, -0.05) is 23.7 Å². The van der Waals surface area contributed by atoms with E-state index in [0.29, 0.717) is 48.4 Å². The molecule has 1 saturated carbocycles. The van der Waals surface area contributed by atoms with Crippen LogP contribution in [0.1, 0.15) is 47.5 Å². The van der Waals surface area contributed by atoms with Crippen molar-refractivity contribution in [3.63, 3.8) is 0 Å². The van der Waals surface area contributed by atoms with Crippen LogP contribution in [-0.4, -0.2) is 62.8 Å². The third-order valence-electron chi connectivity index (χ3n) is 6.70.